The van der Waals surface area contributed by atoms with Crippen molar-refractivity contribution < 1.29 is 14.3 Å². The highest BCUT2D eigenvalue weighted by molar-refractivity contribution is 7.99. The zero-order chi connectivity index (χ0) is 19.2. The van der Waals surface area contributed by atoms with Gasteiger partial charge >= 0.3 is 6.03 Å². The second-order valence-electron chi connectivity index (χ2n) is 6.15. The van der Waals surface area contributed by atoms with Crippen LogP contribution in [0.4, 0.5) is 10.5 Å². The van der Waals surface area contributed by atoms with Crippen LogP contribution in [0.3, 0.4) is 0 Å². The lowest BCUT2D eigenvalue weighted by Crippen LogP contribution is -2.36. The van der Waals surface area contributed by atoms with E-state index in [0.717, 1.165) is 22.8 Å². The number of nitrogens with one attached hydrogen (secondary N) is 1. The first-order valence-electron chi connectivity index (χ1n) is 8.76. The lowest BCUT2D eigenvalue weighted by atomic mass is 10.1. The third kappa shape index (κ3) is 4.82. The number of halogens is 1. The normalized spacial score (nSPS) is 17.1. The second-order valence-corrected chi connectivity index (χ2v) is 7.87. The number of thioether (sulfide) groups is 1. The molecule has 1 heterocycles. The summed E-state index contributed by atoms with van der Waals surface area (Å²) in [5, 5.41) is 4.03. The summed E-state index contributed by atoms with van der Waals surface area (Å²) in [4.78, 5) is 14.6. The van der Waals surface area contributed by atoms with Crippen molar-refractivity contribution in [1.29, 1.82) is 0 Å². The summed E-state index contributed by atoms with van der Waals surface area (Å²) < 4.78 is 10.6. The van der Waals surface area contributed by atoms with Crippen molar-refractivity contribution in [2.24, 2.45) is 0 Å². The minimum absolute atomic E-state index is 0.126. The number of methoxy groups -OCH3 is 2. The average Bonchev–Trinajstić information content (AvgIpc) is 2.95. The van der Waals surface area contributed by atoms with Gasteiger partial charge in [0.25, 0.3) is 0 Å². The third-order valence-electron chi connectivity index (χ3n) is 4.53. The number of benzene rings is 2. The Morgan fingerprint density at radius 2 is 2.00 bits per heavy atom. The lowest BCUT2D eigenvalue weighted by Gasteiger charge is -2.22. The Balaban J connectivity index is 1.65. The van der Waals surface area contributed by atoms with Crippen LogP contribution in [0.15, 0.2) is 42.5 Å². The summed E-state index contributed by atoms with van der Waals surface area (Å²) in [5.74, 6) is 2.11. The molecule has 2 aromatic carbocycles. The quantitative estimate of drug-likeness (QED) is 0.770. The van der Waals surface area contributed by atoms with Gasteiger partial charge in [0.05, 0.1) is 19.9 Å². The largest absolute Gasteiger partial charge is 0.497 e. The van der Waals surface area contributed by atoms with E-state index in [4.69, 9.17) is 21.1 Å². The predicted molar refractivity (Wildman–Crippen MR) is 111 cm³/mol. The number of urea groups is 1. The number of ether oxygens (including phenoxy) is 2. The Labute approximate surface area is 169 Å². The summed E-state index contributed by atoms with van der Waals surface area (Å²) >= 11 is 8.19. The fourth-order valence-corrected chi connectivity index (χ4v) is 4.65. The molecule has 5 nitrogen and oxygen atoms in total. The Hall–Kier alpha value is -2.05. The highest BCUT2D eigenvalue weighted by Gasteiger charge is 2.24. The number of hydrogen-bond donors (Lipinski definition) is 1. The topological polar surface area (TPSA) is 50.8 Å². The molecule has 1 saturated heterocycles. The summed E-state index contributed by atoms with van der Waals surface area (Å²) in [6.07, 6.45) is 0.863. The molecule has 0 bridgehead atoms. The zero-order valence-electron chi connectivity index (χ0n) is 15.4. The highest BCUT2D eigenvalue weighted by Crippen LogP contribution is 2.38. The number of carbonyl (C=O) groups is 1. The number of rotatable bonds is 4. The Morgan fingerprint density at radius 1 is 1.19 bits per heavy atom. The Kier molecular flexibility index (Phi) is 6.74. The molecular formula is C20H23ClN2O3S. The van der Waals surface area contributed by atoms with Crippen LogP contribution in [0.5, 0.6) is 11.5 Å². The zero-order valence-corrected chi connectivity index (χ0v) is 17.0. The first-order chi connectivity index (χ1) is 13.1. The van der Waals surface area contributed by atoms with Crippen molar-refractivity contribution in [3.05, 3.63) is 53.1 Å². The van der Waals surface area contributed by atoms with E-state index in [1.54, 1.807) is 32.4 Å². The van der Waals surface area contributed by atoms with Gasteiger partial charge in [-0.25, -0.2) is 4.79 Å². The van der Waals surface area contributed by atoms with E-state index in [1.807, 2.05) is 34.9 Å². The number of hydrogen-bond acceptors (Lipinski definition) is 4. The molecular weight excluding hydrogens is 384 g/mol. The van der Waals surface area contributed by atoms with Gasteiger partial charge in [0.1, 0.15) is 11.5 Å². The molecule has 1 aliphatic rings. The van der Waals surface area contributed by atoms with Crippen molar-refractivity contribution in [1.82, 2.24) is 4.90 Å². The van der Waals surface area contributed by atoms with Gasteiger partial charge in [-0.2, -0.15) is 11.8 Å². The molecule has 2 amide bonds. The van der Waals surface area contributed by atoms with Gasteiger partial charge in [0, 0.05) is 35.2 Å². The molecule has 2 aromatic rings. The maximum atomic E-state index is 12.7. The van der Waals surface area contributed by atoms with Crippen LogP contribution in [0, 0.1) is 0 Å². The van der Waals surface area contributed by atoms with Crippen LogP contribution in [-0.4, -0.2) is 44.0 Å². The van der Waals surface area contributed by atoms with Gasteiger partial charge in [0.15, 0.2) is 0 Å². The summed E-state index contributed by atoms with van der Waals surface area (Å²) in [6.45, 7) is 1.36. The molecule has 0 spiro atoms. The first-order valence-corrected chi connectivity index (χ1v) is 10.2. The summed E-state index contributed by atoms with van der Waals surface area (Å²) in [5.41, 5.74) is 1.77. The standard InChI is InChI=1S/C20H23ClN2O3S/c1-25-14-7-8-17(18(13-14)26-2)22-20(24)23-10-9-19(27-12-11-23)15-5-3-4-6-16(15)21/h3-8,13,19H,9-12H2,1-2H3,(H,22,24). The van der Waals surface area contributed by atoms with Crippen molar-refractivity contribution in [3.63, 3.8) is 0 Å². The molecule has 0 aromatic heterocycles. The molecule has 0 radical (unpaired) electrons. The van der Waals surface area contributed by atoms with Crippen LogP contribution in [0.2, 0.25) is 5.02 Å². The van der Waals surface area contributed by atoms with Crippen molar-refractivity contribution >= 4 is 35.1 Å². The molecule has 144 valence electrons. The van der Waals surface area contributed by atoms with E-state index >= 15 is 0 Å². The van der Waals surface area contributed by atoms with Crippen molar-refractivity contribution in [2.45, 2.75) is 11.7 Å². The molecule has 0 saturated carbocycles. The lowest BCUT2D eigenvalue weighted by molar-refractivity contribution is 0.215. The van der Waals surface area contributed by atoms with E-state index in [9.17, 15) is 4.79 Å². The maximum Gasteiger partial charge on any atom is 0.321 e. The monoisotopic (exact) mass is 406 g/mol. The van der Waals surface area contributed by atoms with E-state index < -0.39 is 0 Å². The maximum absolute atomic E-state index is 12.7. The fraction of sp³-hybridized carbons (Fsp3) is 0.350. The molecule has 1 unspecified atom stereocenters. The highest BCUT2D eigenvalue weighted by atomic mass is 35.5. The smallest absolute Gasteiger partial charge is 0.321 e. The predicted octanol–water partition coefficient (Wildman–Crippen LogP) is 5.07. The minimum Gasteiger partial charge on any atom is -0.497 e. The molecule has 27 heavy (non-hydrogen) atoms. The van der Waals surface area contributed by atoms with Gasteiger partial charge in [-0.05, 0) is 30.2 Å². The third-order valence-corrected chi connectivity index (χ3v) is 6.19. The van der Waals surface area contributed by atoms with Crippen molar-refractivity contribution in [2.75, 3.05) is 38.4 Å². The van der Waals surface area contributed by atoms with Crippen molar-refractivity contribution in [3.8, 4) is 11.5 Å². The number of nitrogens with zero attached hydrogens (tertiary/aromatic N) is 1. The second kappa shape index (κ2) is 9.24. The van der Waals surface area contributed by atoms with Gasteiger partial charge in [-0.3, -0.25) is 0 Å². The summed E-state index contributed by atoms with van der Waals surface area (Å²) in [7, 11) is 3.17. The van der Waals surface area contributed by atoms with Gasteiger partial charge < -0.3 is 19.7 Å². The average molecular weight is 407 g/mol. The van der Waals surface area contributed by atoms with Crippen LogP contribution >= 0.6 is 23.4 Å². The molecule has 1 fully saturated rings. The molecule has 1 N–H and O–H groups in total. The minimum atomic E-state index is -0.126. The Bertz CT molecular complexity index is 803. The van der Waals surface area contributed by atoms with Crippen LogP contribution < -0.4 is 14.8 Å². The van der Waals surface area contributed by atoms with E-state index in [1.165, 1.54) is 0 Å². The van der Waals surface area contributed by atoms with Gasteiger partial charge in [-0.1, -0.05) is 29.8 Å². The number of carbonyl (C=O) groups excluding carboxylic acids is 1. The van der Waals surface area contributed by atoms with E-state index in [2.05, 4.69) is 11.4 Å². The summed E-state index contributed by atoms with van der Waals surface area (Å²) in [6, 6.07) is 13.1. The fourth-order valence-electron chi connectivity index (χ4n) is 3.05. The van der Waals surface area contributed by atoms with Crippen LogP contribution in [0.1, 0.15) is 17.2 Å². The first kappa shape index (κ1) is 19.7. The number of anilines is 1. The Morgan fingerprint density at radius 3 is 2.74 bits per heavy atom. The molecule has 7 heteroatoms. The van der Waals surface area contributed by atoms with Crippen LogP contribution in [0.25, 0.3) is 0 Å². The molecule has 1 aliphatic heterocycles. The van der Waals surface area contributed by atoms with Gasteiger partial charge in [-0.15, -0.1) is 0 Å². The van der Waals surface area contributed by atoms with E-state index in [0.29, 0.717) is 35.5 Å². The molecule has 0 aliphatic carbocycles. The number of amides is 2. The van der Waals surface area contributed by atoms with E-state index in [-0.39, 0.29) is 6.03 Å². The molecule has 1 atom stereocenters. The van der Waals surface area contributed by atoms with Crippen LogP contribution in [-0.2, 0) is 0 Å². The van der Waals surface area contributed by atoms with Gasteiger partial charge in [0.2, 0.25) is 0 Å². The SMILES string of the molecule is COc1ccc(NC(=O)N2CCSC(c3ccccc3Cl)CC2)c(OC)c1. The molecule has 3 rings (SSSR count).